The molecule has 0 saturated carbocycles. The van der Waals surface area contributed by atoms with Gasteiger partial charge in [-0.1, -0.05) is 54.6 Å². The van der Waals surface area contributed by atoms with Crippen molar-refractivity contribution in [3.8, 4) is 17.0 Å². The molecule has 0 aliphatic rings. The second-order valence-corrected chi connectivity index (χ2v) is 10.9. The predicted molar refractivity (Wildman–Crippen MR) is 151 cm³/mol. The molecule has 0 atom stereocenters. The van der Waals surface area contributed by atoms with Crippen molar-refractivity contribution in [2.75, 3.05) is 5.32 Å². The summed E-state index contributed by atoms with van der Waals surface area (Å²) in [4.78, 5) is 7.75. The van der Waals surface area contributed by atoms with E-state index in [1.807, 2.05) is 60.7 Å². The van der Waals surface area contributed by atoms with Crippen molar-refractivity contribution in [1.82, 2.24) is 24.9 Å². The number of hydrogen-bond acceptors (Lipinski definition) is 7. The first-order valence-electron chi connectivity index (χ1n) is 12.2. The van der Waals surface area contributed by atoms with Gasteiger partial charge in [-0.05, 0) is 42.8 Å². The third-order valence-corrected chi connectivity index (χ3v) is 7.96. The molecule has 39 heavy (non-hydrogen) atoms. The molecule has 2 aromatic heterocycles. The van der Waals surface area contributed by atoms with E-state index in [1.54, 1.807) is 37.3 Å². The fourth-order valence-corrected chi connectivity index (χ4v) is 5.75. The Morgan fingerprint density at radius 3 is 2.49 bits per heavy atom. The topological polar surface area (TPSA) is 133 Å². The molecule has 2 heterocycles. The third kappa shape index (κ3) is 4.90. The maximum absolute atomic E-state index is 13.4. The quantitative estimate of drug-likeness (QED) is 0.214. The minimum Gasteiger partial charge on any atom is -0.508 e. The van der Waals surface area contributed by atoms with E-state index in [1.165, 1.54) is 0 Å². The Morgan fingerprint density at radius 1 is 0.872 bits per heavy atom. The number of aromatic hydroxyl groups is 1. The number of fused-ring (bicyclic) bond motifs is 2. The lowest BCUT2D eigenvalue weighted by molar-refractivity contribution is 0.475. The lowest BCUT2D eigenvalue weighted by atomic mass is 10.0. The molecule has 0 spiro atoms. The zero-order chi connectivity index (χ0) is 27.0. The van der Waals surface area contributed by atoms with Gasteiger partial charge in [-0.2, -0.15) is 0 Å². The zero-order valence-corrected chi connectivity index (χ0v) is 21.7. The third-order valence-electron chi connectivity index (χ3n) is 6.42. The summed E-state index contributed by atoms with van der Waals surface area (Å²) >= 11 is 0. The van der Waals surface area contributed by atoms with E-state index < -0.39 is 10.0 Å². The molecule has 4 aromatic carbocycles. The van der Waals surface area contributed by atoms with Crippen molar-refractivity contribution in [3.05, 3.63) is 102 Å². The van der Waals surface area contributed by atoms with Gasteiger partial charge in [0.2, 0.25) is 10.0 Å². The largest absolute Gasteiger partial charge is 0.508 e. The number of rotatable bonds is 7. The molecule has 194 valence electrons. The molecule has 6 aromatic rings. The van der Waals surface area contributed by atoms with Crippen LogP contribution >= 0.6 is 0 Å². The van der Waals surface area contributed by atoms with Crippen LogP contribution in [0.15, 0.2) is 95.9 Å². The van der Waals surface area contributed by atoms with Crippen LogP contribution in [0, 0.1) is 6.92 Å². The van der Waals surface area contributed by atoms with E-state index >= 15 is 0 Å². The molecule has 0 bridgehead atoms. The van der Waals surface area contributed by atoms with Crippen LogP contribution in [0.2, 0.25) is 0 Å². The summed E-state index contributed by atoms with van der Waals surface area (Å²) in [5.74, 6) is 1.18. The number of anilines is 2. The second-order valence-electron chi connectivity index (χ2n) is 9.12. The molecule has 0 unspecified atom stereocenters. The van der Waals surface area contributed by atoms with Gasteiger partial charge in [0.1, 0.15) is 17.3 Å². The number of H-pyrrole nitrogens is 1. The Bertz CT molecular complexity index is 1920. The lowest BCUT2D eigenvalue weighted by Crippen LogP contribution is -2.24. The average Bonchev–Trinajstić information content (AvgIpc) is 3.36. The number of aromatic nitrogens is 4. The van der Waals surface area contributed by atoms with Crippen LogP contribution < -0.4 is 10.0 Å². The Balaban J connectivity index is 1.33. The van der Waals surface area contributed by atoms with Crippen molar-refractivity contribution in [3.63, 3.8) is 0 Å². The maximum atomic E-state index is 13.4. The smallest absolute Gasteiger partial charge is 0.241 e. The van der Waals surface area contributed by atoms with Crippen molar-refractivity contribution >= 4 is 43.3 Å². The van der Waals surface area contributed by atoms with Crippen molar-refractivity contribution in [2.45, 2.75) is 18.4 Å². The van der Waals surface area contributed by atoms with Crippen molar-refractivity contribution in [2.24, 2.45) is 0 Å². The highest BCUT2D eigenvalue weighted by Gasteiger charge is 2.20. The SMILES string of the molecule is Cc1ccc(-c2nnc(Nc3cccc(O)c3)c3ccccc23)cc1S(=O)(=O)NCc1nc2ccccc2[nH]1. The summed E-state index contributed by atoms with van der Waals surface area (Å²) in [5, 5.41) is 23.5. The van der Waals surface area contributed by atoms with Crippen molar-refractivity contribution in [1.29, 1.82) is 0 Å². The number of phenols is 1. The fraction of sp³-hybridized carbons (Fsp3) is 0.0690. The molecule has 0 fully saturated rings. The fourth-order valence-electron chi connectivity index (χ4n) is 4.50. The van der Waals surface area contributed by atoms with Crippen LogP contribution in [0.3, 0.4) is 0 Å². The number of benzene rings is 4. The first kappa shape index (κ1) is 24.5. The average molecular weight is 537 g/mol. The maximum Gasteiger partial charge on any atom is 0.241 e. The standard InChI is InChI=1S/C29H24N6O3S/c1-18-13-14-19(15-26(18)39(37,38)30-17-27-32-24-11-4-5-12-25(24)33-27)28-22-9-2-3-10-23(22)29(35-34-28)31-20-7-6-8-21(36)16-20/h2-16,30,36H,17H2,1H3,(H,31,35)(H,32,33). The van der Waals surface area contributed by atoms with Gasteiger partial charge in [0.15, 0.2) is 5.82 Å². The number of imidazole rings is 1. The number of nitrogens with zero attached hydrogens (tertiary/aromatic N) is 3. The van der Waals surface area contributed by atoms with Gasteiger partial charge < -0.3 is 15.4 Å². The van der Waals surface area contributed by atoms with Crippen LogP contribution in [0.4, 0.5) is 11.5 Å². The van der Waals surface area contributed by atoms with E-state index in [2.05, 4.69) is 30.2 Å². The van der Waals surface area contributed by atoms with Crippen LogP contribution in [0.5, 0.6) is 5.75 Å². The molecule has 10 heteroatoms. The van der Waals surface area contributed by atoms with Gasteiger partial charge in [0, 0.05) is 28.1 Å². The first-order chi connectivity index (χ1) is 18.9. The molecule has 6 rings (SSSR count). The number of aryl methyl sites for hydroxylation is 1. The summed E-state index contributed by atoms with van der Waals surface area (Å²) in [6, 6.07) is 27.1. The Kier molecular flexibility index (Phi) is 6.18. The van der Waals surface area contributed by atoms with Crippen LogP contribution in [-0.4, -0.2) is 33.7 Å². The molecule has 0 aliphatic carbocycles. The van der Waals surface area contributed by atoms with Gasteiger partial charge in [-0.3, -0.25) is 0 Å². The van der Waals surface area contributed by atoms with E-state index in [-0.39, 0.29) is 17.2 Å². The van der Waals surface area contributed by atoms with Gasteiger partial charge in [-0.15, -0.1) is 10.2 Å². The number of aromatic amines is 1. The molecule has 4 N–H and O–H groups in total. The highest BCUT2D eigenvalue weighted by molar-refractivity contribution is 7.89. The van der Waals surface area contributed by atoms with Gasteiger partial charge >= 0.3 is 0 Å². The molecule has 0 amide bonds. The van der Waals surface area contributed by atoms with Crippen molar-refractivity contribution < 1.29 is 13.5 Å². The molecule has 0 radical (unpaired) electrons. The van der Waals surface area contributed by atoms with E-state index in [0.29, 0.717) is 34.2 Å². The first-order valence-corrected chi connectivity index (χ1v) is 13.7. The minimum absolute atomic E-state index is 0.0266. The highest BCUT2D eigenvalue weighted by atomic mass is 32.2. The molecular formula is C29H24N6O3S. The van der Waals surface area contributed by atoms with Crippen LogP contribution in [0.1, 0.15) is 11.4 Å². The summed E-state index contributed by atoms with van der Waals surface area (Å²) in [7, 11) is -3.86. The van der Waals surface area contributed by atoms with E-state index in [0.717, 1.165) is 21.8 Å². The number of phenolic OH excluding ortho intramolecular Hbond substituents is 1. The van der Waals surface area contributed by atoms with E-state index in [9.17, 15) is 13.5 Å². The highest BCUT2D eigenvalue weighted by Crippen LogP contribution is 2.33. The second kappa shape index (κ2) is 9.82. The lowest BCUT2D eigenvalue weighted by Gasteiger charge is -2.13. The Hall–Kier alpha value is -4.80. The van der Waals surface area contributed by atoms with E-state index in [4.69, 9.17) is 0 Å². The molecule has 0 aliphatic heterocycles. The summed E-state index contributed by atoms with van der Waals surface area (Å²) < 4.78 is 29.4. The molecule has 0 saturated heterocycles. The Morgan fingerprint density at radius 2 is 1.67 bits per heavy atom. The normalized spacial score (nSPS) is 11.7. The number of nitrogens with one attached hydrogen (secondary N) is 3. The predicted octanol–water partition coefficient (Wildman–Crippen LogP) is 5.41. The summed E-state index contributed by atoms with van der Waals surface area (Å²) in [6.07, 6.45) is 0. The van der Waals surface area contributed by atoms with Gasteiger partial charge in [0.25, 0.3) is 0 Å². The summed E-state index contributed by atoms with van der Waals surface area (Å²) in [5.41, 5.74) is 4.07. The zero-order valence-electron chi connectivity index (χ0n) is 20.9. The van der Waals surface area contributed by atoms with Gasteiger partial charge in [0.05, 0.1) is 22.5 Å². The summed E-state index contributed by atoms with van der Waals surface area (Å²) in [6.45, 7) is 1.78. The minimum atomic E-state index is -3.86. The van der Waals surface area contributed by atoms with Gasteiger partial charge in [-0.25, -0.2) is 18.1 Å². The monoisotopic (exact) mass is 536 g/mol. The number of hydrogen-bond donors (Lipinski definition) is 4. The number of sulfonamides is 1. The molecule has 9 nitrogen and oxygen atoms in total. The Labute approximate surface area is 224 Å². The molecular weight excluding hydrogens is 512 g/mol. The van der Waals surface area contributed by atoms with Crippen LogP contribution in [-0.2, 0) is 16.6 Å². The number of para-hydroxylation sites is 2. The van der Waals surface area contributed by atoms with Crippen LogP contribution in [0.25, 0.3) is 33.1 Å².